The van der Waals surface area contributed by atoms with Crippen LogP contribution in [0.25, 0.3) is 0 Å². The number of carboxylic acids is 1. The number of rotatable bonds is 3. The number of carbonyl (C=O) groups is 1. The van der Waals surface area contributed by atoms with E-state index in [2.05, 4.69) is 0 Å². The lowest BCUT2D eigenvalue weighted by atomic mass is 9.92. The van der Waals surface area contributed by atoms with Crippen LogP contribution in [0.1, 0.15) is 21.5 Å². The number of carboxylic acid groups (broad SMARTS) is 1. The van der Waals surface area contributed by atoms with E-state index >= 15 is 0 Å². The van der Waals surface area contributed by atoms with Crippen LogP contribution in [0, 0.1) is 13.8 Å². The van der Waals surface area contributed by atoms with Crippen molar-refractivity contribution in [1.82, 2.24) is 0 Å². The quantitative estimate of drug-likeness (QED) is 0.854. The van der Waals surface area contributed by atoms with Crippen molar-refractivity contribution in [2.24, 2.45) is 0 Å². The highest BCUT2D eigenvalue weighted by atomic mass is 16.5. The van der Waals surface area contributed by atoms with Crippen molar-refractivity contribution in [2.45, 2.75) is 13.8 Å². The Labute approximate surface area is 113 Å². The van der Waals surface area contributed by atoms with Crippen LogP contribution in [-0.2, 0) is 0 Å². The molecule has 2 radical (unpaired) electrons. The van der Waals surface area contributed by atoms with Crippen molar-refractivity contribution in [3.8, 4) is 11.5 Å². The summed E-state index contributed by atoms with van der Waals surface area (Å²) in [6.45, 7) is 3.89. The summed E-state index contributed by atoms with van der Waals surface area (Å²) in [7, 11) is 5.81. The molecule has 4 heteroatoms. The molecule has 0 bridgehead atoms. The first kappa shape index (κ1) is 13.2. The van der Waals surface area contributed by atoms with E-state index in [-0.39, 0.29) is 11.3 Å². The molecule has 0 unspecified atom stereocenters. The average Bonchev–Trinajstić information content (AvgIpc) is 2.36. The van der Waals surface area contributed by atoms with Gasteiger partial charge in [-0.1, -0.05) is 29.7 Å². The van der Waals surface area contributed by atoms with Crippen molar-refractivity contribution in [3.63, 3.8) is 0 Å². The van der Waals surface area contributed by atoms with Crippen molar-refractivity contribution in [3.05, 3.63) is 53.1 Å². The van der Waals surface area contributed by atoms with E-state index in [1.165, 1.54) is 6.07 Å². The van der Waals surface area contributed by atoms with E-state index in [9.17, 15) is 4.79 Å². The second-order valence-corrected chi connectivity index (χ2v) is 4.33. The highest BCUT2D eigenvalue weighted by Crippen LogP contribution is 2.27. The van der Waals surface area contributed by atoms with Gasteiger partial charge in [0.1, 0.15) is 24.9 Å². The molecule has 3 nitrogen and oxygen atoms in total. The second-order valence-electron chi connectivity index (χ2n) is 4.33. The molecule has 0 spiro atoms. The number of para-hydroxylation sites is 1. The van der Waals surface area contributed by atoms with Crippen LogP contribution in [0.15, 0.2) is 36.4 Å². The summed E-state index contributed by atoms with van der Waals surface area (Å²) in [5, 5.41) is 9.16. The van der Waals surface area contributed by atoms with Crippen LogP contribution in [0.3, 0.4) is 0 Å². The second kappa shape index (κ2) is 5.18. The first-order valence-corrected chi connectivity index (χ1v) is 5.86. The monoisotopic (exact) mass is 252 g/mol. The molecule has 0 amide bonds. The minimum atomic E-state index is -1.06. The Balaban J connectivity index is 2.49. The third-order valence-corrected chi connectivity index (χ3v) is 3.04. The maximum Gasteiger partial charge on any atom is 0.339 e. The van der Waals surface area contributed by atoms with Crippen LogP contribution in [0.4, 0.5) is 0 Å². The van der Waals surface area contributed by atoms with Crippen LogP contribution in [0.2, 0.25) is 0 Å². The summed E-state index contributed by atoms with van der Waals surface area (Å²) in [5.41, 5.74) is 2.40. The van der Waals surface area contributed by atoms with Gasteiger partial charge in [0.05, 0.1) is 0 Å². The third-order valence-electron chi connectivity index (χ3n) is 3.04. The van der Waals surface area contributed by atoms with E-state index < -0.39 is 5.97 Å². The molecule has 94 valence electrons. The molecule has 0 fully saturated rings. The van der Waals surface area contributed by atoms with Gasteiger partial charge in [0, 0.05) is 0 Å². The molecule has 2 rings (SSSR count). The molecule has 0 saturated carbocycles. The van der Waals surface area contributed by atoms with Gasteiger partial charge in [-0.25, -0.2) is 4.79 Å². The van der Waals surface area contributed by atoms with E-state index in [0.29, 0.717) is 11.2 Å². The molecule has 0 aliphatic heterocycles. The van der Waals surface area contributed by atoms with Crippen LogP contribution < -0.4 is 10.2 Å². The highest BCUT2D eigenvalue weighted by Gasteiger charge is 2.14. The summed E-state index contributed by atoms with van der Waals surface area (Å²) in [6.07, 6.45) is 0. The number of hydrogen-bond acceptors (Lipinski definition) is 2. The predicted molar refractivity (Wildman–Crippen MR) is 74.8 cm³/mol. The molecule has 1 N–H and O–H groups in total. The Bertz CT molecular complexity index is 635. The van der Waals surface area contributed by atoms with Gasteiger partial charge in [-0.05, 0) is 37.1 Å². The molecule has 0 heterocycles. The fraction of sp³-hybridized carbons (Fsp3) is 0.133. The molecule has 0 atom stereocenters. The van der Waals surface area contributed by atoms with Crippen molar-refractivity contribution in [2.75, 3.05) is 0 Å². The standard InChI is InChI=1S/C15H13BO3/c1-9-5-3-8-13(10(9)2)19-14-11(15(17)18)6-4-7-12(14)16/h3-8H,1-2H3,(H,17,18). The lowest BCUT2D eigenvalue weighted by Gasteiger charge is -2.14. The zero-order chi connectivity index (χ0) is 14.0. The maximum atomic E-state index is 11.2. The maximum absolute atomic E-state index is 11.2. The van der Waals surface area contributed by atoms with Gasteiger partial charge in [0.25, 0.3) is 0 Å². The van der Waals surface area contributed by atoms with Crippen LogP contribution in [0.5, 0.6) is 11.5 Å². The molecule has 2 aromatic carbocycles. The summed E-state index contributed by atoms with van der Waals surface area (Å²) in [6, 6.07) is 10.3. The molecule has 2 aromatic rings. The number of aryl methyl sites for hydroxylation is 1. The molecule has 0 aliphatic rings. The zero-order valence-electron chi connectivity index (χ0n) is 10.8. The Hall–Kier alpha value is -2.23. The zero-order valence-corrected chi connectivity index (χ0v) is 10.8. The summed E-state index contributed by atoms with van der Waals surface area (Å²) < 4.78 is 5.71. The average molecular weight is 252 g/mol. The van der Waals surface area contributed by atoms with Gasteiger partial charge in [-0.2, -0.15) is 0 Å². The van der Waals surface area contributed by atoms with E-state index in [1.807, 2.05) is 26.0 Å². The van der Waals surface area contributed by atoms with E-state index in [4.69, 9.17) is 17.7 Å². The highest BCUT2D eigenvalue weighted by molar-refractivity contribution is 6.35. The third kappa shape index (κ3) is 2.62. The predicted octanol–water partition coefficient (Wildman–Crippen LogP) is 2.59. The Morgan fingerprint density at radius 1 is 1.16 bits per heavy atom. The molecule has 0 aromatic heterocycles. The number of ether oxygens (including phenoxy) is 1. The fourth-order valence-electron chi connectivity index (χ4n) is 1.78. The smallest absolute Gasteiger partial charge is 0.339 e. The van der Waals surface area contributed by atoms with E-state index in [0.717, 1.165) is 11.1 Å². The minimum absolute atomic E-state index is 0.0564. The lowest BCUT2D eigenvalue weighted by molar-refractivity contribution is 0.0694. The topological polar surface area (TPSA) is 46.5 Å². The van der Waals surface area contributed by atoms with Gasteiger partial charge in [-0.3, -0.25) is 0 Å². The Morgan fingerprint density at radius 3 is 2.53 bits per heavy atom. The van der Waals surface area contributed by atoms with Gasteiger partial charge < -0.3 is 9.84 Å². The van der Waals surface area contributed by atoms with Crippen LogP contribution in [-0.4, -0.2) is 18.9 Å². The lowest BCUT2D eigenvalue weighted by Crippen LogP contribution is -2.12. The first-order valence-electron chi connectivity index (χ1n) is 5.86. The van der Waals surface area contributed by atoms with Crippen molar-refractivity contribution >= 4 is 19.3 Å². The Morgan fingerprint density at radius 2 is 1.84 bits per heavy atom. The van der Waals surface area contributed by atoms with E-state index in [1.54, 1.807) is 18.2 Å². The Kier molecular flexibility index (Phi) is 3.60. The fourth-order valence-corrected chi connectivity index (χ4v) is 1.78. The largest absolute Gasteiger partial charge is 0.478 e. The molecule has 0 saturated heterocycles. The molecule has 19 heavy (non-hydrogen) atoms. The normalized spacial score (nSPS) is 10.2. The summed E-state index contributed by atoms with van der Waals surface area (Å²) in [5.74, 6) is -0.267. The van der Waals surface area contributed by atoms with Crippen molar-refractivity contribution in [1.29, 1.82) is 0 Å². The van der Waals surface area contributed by atoms with Gasteiger partial charge in [0.15, 0.2) is 0 Å². The summed E-state index contributed by atoms with van der Waals surface area (Å²) >= 11 is 0. The van der Waals surface area contributed by atoms with Gasteiger partial charge >= 0.3 is 5.97 Å². The number of benzene rings is 2. The SMILES string of the molecule is [B]c1cccc(C(=O)O)c1Oc1cccc(C)c1C. The molecule has 0 aliphatic carbocycles. The van der Waals surface area contributed by atoms with Crippen molar-refractivity contribution < 1.29 is 14.6 Å². The minimum Gasteiger partial charge on any atom is -0.478 e. The number of aromatic carboxylic acids is 1. The molecular weight excluding hydrogens is 239 g/mol. The van der Waals surface area contributed by atoms with Crippen LogP contribution >= 0.6 is 0 Å². The molecular formula is C15H13BO3. The van der Waals surface area contributed by atoms with Gasteiger partial charge in [-0.15, -0.1) is 0 Å². The van der Waals surface area contributed by atoms with Gasteiger partial charge in [0.2, 0.25) is 0 Å². The number of hydrogen-bond donors (Lipinski definition) is 1. The first-order chi connectivity index (χ1) is 9.00. The summed E-state index contributed by atoms with van der Waals surface area (Å²) in [4.78, 5) is 11.2.